The molecule has 0 spiro atoms. The molecule has 4 rings (SSSR count). The SMILES string of the molecule is CC1(C)CC(=O)c2c(C(F)(F)F)cn(-c3cc(F)c(C(N)=O)c(NC4CCC(OC(=O)C(N)C(=O)OC(C)(C)C)CC4)c3)c2C1. The molecule has 246 valence electrons. The first-order valence-electron chi connectivity index (χ1n) is 14.6. The van der Waals surface area contributed by atoms with Crippen molar-refractivity contribution < 1.29 is 46.2 Å². The van der Waals surface area contributed by atoms with Crippen LogP contribution in [-0.4, -0.2) is 52.0 Å². The number of nitrogens with one attached hydrogen (secondary N) is 1. The lowest BCUT2D eigenvalue weighted by Gasteiger charge is -2.31. The molecule has 10 nitrogen and oxygen atoms in total. The van der Waals surface area contributed by atoms with Gasteiger partial charge in [-0.2, -0.15) is 13.2 Å². The van der Waals surface area contributed by atoms with Gasteiger partial charge in [-0.15, -0.1) is 0 Å². The van der Waals surface area contributed by atoms with Crippen molar-refractivity contribution in [2.45, 2.75) is 103 Å². The zero-order chi connectivity index (χ0) is 33.6. The molecule has 45 heavy (non-hydrogen) atoms. The van der Waals surface area contributed by atoms with Gasteiger partial charge in [0.05, 0.1) is 28.1 Å². The fourth-order valence-electron chi connectivity index (χ4n) is 5.86. The first-order valence-corrected chi connectivity index (χ1v) is 14.6. The number of nitrogens with two attached hydrogens (primary N) is 2. The molecule has 14 heteroatoms. The van der Waals surface area contributed by atoms with Gasteiger partial charge in [-0.25, -0.2) is 14.0 Å². The molecule has 5 N–H and O–H groups in total. The number of ketones is 1. The lowest BCUT2D eigenvalue weighted by molar-refractivity contribution is -0.167. The number of aromatic nitrogens is 1. The topological polar surface area (TPSA) is 156 Å². The van der Waals surface area contributed by atoms with Crippen molar-refractivity contribution in [3.05, 3.63) is 46.5 Å². The molecular formula is C31H38F4N4O6. The van der Waals surface area contributed by atoms with E-state index in [9.17, 15) is 32.3 Å². The molecule has 1 fully saturated rings. The van der Waals surface area contributed by atoms with Crippen LogP contribution in [0.15, 0.2) is 18.3 Å². The quantitative estimate of drug-likeness (QED) is 0.221. The number of carbonyl (C=O) groups is 4. The molecule has 1 heterocycles. The second-order valence-electron chi connectivity index (χ2n) is 13.5. The van der Waals surface area contributed by atoms with Gasteiger partial charge in [-0.3, -0.25) is 9.59 Å². The van der Waals surface area contributed by atoms with Crippen LogP contribution in [0, 0.1) is 11.2 Å². The van der Waals surface area contributed by atoms with Gasteiger partial charge in [-0.05, 0) is 70.4 Å². The number of Topliss-reactive ketones (excluding diaryl/α,β-unsaturated/α-hetero) is 1. The van der Waals surface area contributed by atoms with Crippen molar-refractivity contribution in [1.82, 2.24) is 4.57 Å². The normalized spacial score (nSPS) is 20.6. The van der Waals surface area contributed by atoms with E-state index in [4.69, 9.17) is 20.9 Å². The summed E-state index contributed by atoms with van der Waals surface area (Å²) in [6.45, 7) is 8.44. The monoisotopic (exact) mass is 638 g/mol. The Balaban J connectivity index is 1.56. The van der Waals surface area contributed by atoms with Crippen LogP contribution in [0.3, 0.4) is 0 Å². The van der Waals surface area contributed by atoms with E-state index in [1.54, 1.807) is 34.6 Å². The maximum absolute atomic E-state index is 15.4. The van der Waals surface area contributed by atoms with Crippen LogP contribution in [0.25, 0.3) is 5.69 Å². The highest BCUT2D eigenvalue weighted by atomic mass is 19.4. The molecule has 1 amide bonds. The molecule has 1 unspecified atom stereocenters. The summed E-state index contributed by atoms with van der Waals surface area (Å²) in [5, 5.41) is 3.08. The van der Waals surface area contributed by atoms with Crippen LogP contribution in [0.4, 0.5) is 23.2 Å². The van der Waals surface area contributed by atoms with Crippen molar-refractivity contribution in [1.29, 1.82) is 0 Å². The summed E-state index contributed by atoms with van der Waals surface area (Å²) in [7, 11) is 0. The molecule has 1 aromatic heterocycles. The third-order valence-electron chi connectivity index (χ3n) is 7.81. The number of esters is 2. The summed E-state index contributed by atoms with van der Waals surface area (Å²) < 4.78 is 69.1. The summed E-state index contributed by atoms with van der Waals surface area (Å²) >= 11 is 0. The van der Waals surface area contributed by atoms with Crippen LogP contribution in [0.1, 0.15) is 98.7 Å². The first-order chi connectivity index (χ1) is 20.7. The third kappa shape index (κ3) is 7.66. The molecule has 1 saturated carbocycles. The van der Waals surface area contributed by atoms with Crippen molar-refractivity contribution in [3.8, 4) is 5.69 Å². The Bertz CT molecular complexity index is 1520. The minimum atomic E-state index is -4.82. The Morgan fingerprint density at radius 3 is 2.22 bits per heavy atom. The van der Waals surface area contributed by atoms with E-state index in [1.807, 2.05) is 0 Å². The summed E-state index contributed by atoms with van der Waals surface area (Å²) in [5.41, 5.74) is 7.76. The van der Waals surface area contributed by atoms with Gasteiger partial charge in [-0.1, -0.05) is 13.8 Å². The number of nitrogens with zero attached hydrogens (tertiary/aromatic N) is 1. The van der Waals surface area contributed by atoms with Crippen molar-refractivity contribution in [3.63, 3.8) is 0 Å². The molecule has 0 bridgehead atoms. The molecule has 2 aliphatic rings. The highest BCUT2D eigenvalue weighted by Gasteiger charge is 2.44. The van der Waals surface area contributed by atoms with Crippen molar-refractivity contribution in [2.75, 3.05) is 5.32 Å². The van der Waals surface area contributed by atoms with Gasteiger partial charge in [0, 0.05) is 24.4 Å². The van der Waals surface area contributed by atoms with E-state index in [2.05, 4.69) is 5.32 Å². The third-order valence-corrected chi connectivity index (χ3v) is 7.81. The number of hydrogen-bond donors (Lipinski definition) is 3. The molecule has 2 aliphatic carbocycles. The maximum atomic E-state index is 15.4. The number of halogens is 4. The Kier molecular flexibility index (Phi) is 9.13. The number of benzene rings is 1. The van der Waals surface area contributed by atoms with E-state index >= 15 is 4.39 Å². The zero-order valence-corrected chi connectivity index (χ0v) is 25.8. The summed E-state index contributed by atoms with van der Waals surface area (Å²) in [6, 6.07) is 0.295. The summed E-state index contributed by atoms with van der Waals surface area (Å²) in [6.07, 6.45) is -3.06. The average Bonchev–Trinajstić information content (AvgIpc) is 3.27. The number of fused-ring (bicyclic) bond motifs is 1. The molecule has 0 radical (unpaired) electrons. The zero-order valence-electron chi connectivity index (χ0n) is 25.8. The highest BCUT2D eigenvalue weighted by molar-refractivity contribution is 6.01. The lowest BCUT2D eigenvalue weighted by Crippen LogP contribution is -2.45. The average molecular weight is 639 g/mol. The highest BCUT2D eigenvalue weighted by Crippen LogP contribution is 2.43. The van der Waals surface area contributed by atoms with Crippen LogP contribution in [-0.2, 0) is 31.7 Å². The Hall–Kier alpha value is -3.94. The fraction of sp³-hybridized carbons (Fsp3) is 0.548. The number of anilines is 1. The molecule has 0 aliphatic heterocycles. The van der Waals surface area contributed by atoms with E-state index in [1.165, 1.54) is 6.07 Å². The van der Waals surface area contributed by atoms with Gasteiger partial charge < -0.3 is 30.8 Å². The Morgan fingerprint density at radius 1 is 1.04 bits per heavy atom. The number of carbonyl (C=O) groups excluding carboxylic acids is 4. The number of ether oxygens (including phenoxy) is 2. The van der Waals surface area contributed by atoms with E-state index in [0.29, 0.717) is 25.7 Å². The molecule has 1 atom stereocenters. The molecule has 0 saturated heterocycles. The van der Waals surface area contributed by atoms with Crippen molar-refractivity contribution in [2.24, 2.45) is 16.9 Å². The maximum Gasteiger partial charge on any atom is 0.418 e. The summed E-state index contributed by atoms with van der Waals surface area (Å²) in [5.74, 6) is -4.62. The predicted octanol–water partition coefficient (Wildman–Crippen LogP) is 4.82. The van der Waals surface area contributed by atoms with Crippen LogP contribution in [0.2, 0.25) is 0 Å². The van der Waals surface area contributed by atoms with Gasteiger partial charge in [0.25, 0.3) is 5.91 Å². The van der Waals surface area contributed by atoms with Gasteiger partial charge >= 0.3 is 18.1 Å². The number of primary amides is 1. The Morgan fingerprint density at radius 2 is 1.67 bits per heavy atom. The predicted molar refractivity (Wildman–Crippen MR) is 155 cm³/mol. The van der Waals surface area contributed by atoms with E-state index < -0.39 is 75.5 Å². The standard InChI is InChI=1S/C31H38F4N4O6/c1-29(2,3)45-28(43)25(36)27(42)44-17-8-6-15(7-9-17)38-20-11-16(10-19(32)24(20)26(37)41)39-14-18(31(33,34)35)23-21(39)12-30(4,5)13-22(23)40/h10-11,14-15,17,25,38H,6-9,12-13,36H2,1-5H3,(H2,37,41). The number of amides is 1. The van der Waals surface area contributed by atoms with Crippen molar-refractivity contribution >= 4 is 29.3 Å². The smallest absolute Gasteiger partial charge is 0.418 e. The van der Waals surface area contributed by atoms with E-state index in [0.717, 1.165) is 16.8 Å². The lowest BCUT2D eigenvalue weighted by atomic mass is 9.75. The number of alkyl halides is 3. The van der Waals surface area contributed by atoms with Crippen LogP contribution < -0.4 is 16.8 Å². The molecule has 1 aromatic carbocycles. The second kappa shape index (κ2) is 12.1. The van der Waals surface area contributed by atoms with Gasteiger partial charge in [0.1, 0.15) is 17.5 Å². The van der Waals surface area contributed by atoms with E-state index in [-0.39, 0.29) is 36.0 Å². The minimum absolute atomic E-state index is 0.0176. The fourth-order valence-corrected chi connectivity index (χ4v) is 5.86. The molecule has 2 aromatic rings. The second-order valence-corrected chi connectivity index (χ2v) is 13.5. The number of hydrogen-bond acceptors (Lipinski definition) is 8. The number of rotatable bonds is 7. The molecular weight excluding hydrogens is 600 g/mol. The minimum Gasteiger partial charge on any atom is -0.461 e. The van der Waals surface area contributed by atoms with Crippen LogP contribution in [0.5, 0.6) is 0 Å². The van der Waals surface area contributed by atoms with Gasteiger partial charge in [0.15, 0.2) is 5.78 Å². The Labute approximate surface area is 257 Å². The largest absolute Gasteiger partial charge is 0.461 e. The summed E-state index contributed by atoms with van der Waals surface area (Å²) in [4.78, 5) is 49.6. The van der Waals surface area contributed by atoms with Crippen LogP contribution >= 0.6 is 0 Å². The first kappa shape index (κ1) is 33.9. The van der Waals surface area contributed by atoms with Gasteiger partial charge in [0.2, 0.25) is 6.04 Å².